The van der Waals surface area contributed by atoms with Crippen LogP contribution in [-0.4, -0.2) is 49.2 Å². The van der Waals surface area contributed by atoms with Crippen LogP contribution in [0.1, 0.15) is 35.3 Å². The number of fused-ring (bicyclic) bond motifs is 1. The molecule has 0 radical (unpaired) electrons. The molecule has 1 aromatic carbocycles. The van der Waals surface area contributed by atoms with Crippen LogP contribution in [0, 0.1) is 11.6 Å². The Kier molecular flexibility index (Phi) is 5.48. The summed E-state index contributed by atoms with van der Waals surface area (Å²) in [5.74, 6) is -5.25. The van der Waals surface area contributed by atoms with E-state index in [2.05, 4.69) is 30.8 Å². The molecule has 0 spiro atoms. The number of aromatic amines is 1. The number of aromatic nitrogens is 4. The van der Waals surface area contributed by atoms with E-state index >= 15 is 0 Å². The molecule has 0 bridgehead atoms. The Morgan fingerprint density at radius 3 is 2.90 bits per heavy atom. The summed E-state index contributed by atoms with van der Waals surface area (Å²) in [6.45, 7) is -0.299. The van der Waals surface area contributed by atoms with Crippen LogP contribution in [-0.2, 0) is 6.54 Å². The number of benzene rings is 1. The molecule has 0 unspecified atom stereocenters. The number of aliphatic hydroxyl groups is 1. The van der Waals surface area contributed by atoms with E-state index in [1.54, 1.807) is 0 Å². The molecule has 1 aliphatic carbocycles. The van der Waals surface area contributed by atoms with Crippen molar-refractivity contribution in [1.29, 1.82) is 0 Å². The van der Waals surface area contributed by atoms with Crippen LogP contribution in [0.15, 0.2) is 24.5 Å². The van der Waals surface area contributed by atoms with Gasteiger partial charge >= 0.3 is 0 Å². The quantitative estimate of drug-likeness (QED) is 0.455. The van der Waals surface area contributed by atoms with Gasteiger partial charge in [-0.05, 0) is 31.0 Å². The zero-order chi connectivity index (χ0) is 22.2. The Morgan fingerprint density at radius 1 is 1.29 bits per heavy atom. The number of alkyl halides is 2. The van der Waals surface area contributed by atoms with E-state index in [1.165, 1.54) is 0 Å². The van der Waals surface area contributed by atoms with Crippen LogP contribution in [0.5, 0.6) is 0 Å². The summed E-state index contributed by atoms with van der Waals surface area (Å²) in [4.78, 5) is 20.6. The van der Waals surface area contributed by atoms with Crippen LogP contribution in [0.2, 0.25) is 0 Å². The minimum Gasteiger partial charge on any atom is -0.385 e. The maximum absolute atomic E-state index is 13.9. The number of H-pyrrole nitrogens is 1. The Labute approximate surface area is 173 Å². The first-order valence-corrected chi connectivity index (χ1v) is 9.50. The number of carbonyl (C=O) groups excluding carboxylic acids is 1. The number of nitrogens with zero attached hydrogens (tertiary/aromatic N) is 3. The maximum atomic E-state index is 13.9. The second-order valence-electron chi connectivity index (χ2n) is 7.29. The summed E-state index contributed by atoms with van der Waals surface area (Å²) >= 11 is 0. The van der Waals surface area contributed by atoms with Gasteiger partial charge in [0.05, 0.1) is 11.4 Å². The van der Waals surface area contributed by atoms with Crippen LogP contribution >= 0.6 is 0 Å². The minimum atomic E-state index is -3.24. The zero-order valence-corrected chi connectivity index (χ0v) is 16.0. The normalized spacial score (nSPS) is 20.5. The van der Waals surface area contributed by atoms with Crippen LogP contribution in [0.4, 0.5) is 23.4 Å². The lowest BCUT2D eigenvalue weighted by Gasteiger charge is -2.35. The van der Waals surface area contributed by atoms with Gasteiger partial charge in [0.1, 0.15) is 35.6 Å². The van der Waals surface area contributed by atoms with Gasteiger partial charge in [0.15, 0.2) is 5.65 Å². The van der Waals surface area contributed by atoms with Gasteiger partial charge in [-0.25, -0.2) is 27.5 Å². The SMILES string of the molecule is O=C(NCc1cc(F)ccc1F)c1[nH]nc2ncnc(N[C@@H]3CCCC(F)(F)[C@H]3O)c12. The van der Waals surface area contributed by atoms with Gasteiger partial charge in [-0.1, -0.05) is 0 Å². The van der Waals surface area contributed by atoms with Crippen molar-refractivity contribution in [2.45, 2.75) is 43.9 Å². The van der Waals surface area contributed by atoms with Crippen LogP contribution < -0.4 is 10.6 Å². The van der Waals surface area contributed by atoms with Crippen molar-refractivity contribution in [2.24, 2.45) is 0 Å². The van der Waals surface area contributed by atoms with Crippen molar-refractivity contribution in [1.82, 2.24) is 25.5 Å². The number of hydrogen-bond donors (Lipinski definition) is 4. The lowest BCUT2D eigenvalue weighted by molar-refractivity contribution is -0.135. The molecular weight excluding hydrogens is 420 g/mol. The summed E-state index contributed by atoms with van der Waals surface area (Å²) in [6, 6.07) is 1.88. The average Bonchev–Trinajstić information content (AvgIpc) is 3.17. The highest BCUT2D eigenvalue weighted by Gasteiger charge is 2.46. The van der Waals surface area contributed by atoms with Gasteiger partial charge in [-0.2, -0.15) is 5.10 Å². The van der Waals surface area contributed by atoms with E-state index in [0.29, 0.717) is 0 Å². The maximum Gasteiger partial charge on any atom is 0.275 e. The molecule has 1 saturated carbocycles. The van der Waals surface area contributed by atoms with Crippen molar-refractivity contribution in [3.8, 4) is 0 Å². The smallest absolute Gasteiger partial charge is 0.275 e. The standard InChI is InChI=1S/C19H18F4N6O2/c20-10-3-4-11(21)9(6-10)7-24-18(31)14-13-16(25-8-26-17(13)29-28-14)27-12-2-1-5-19(22,23)15(12)30/h3-4,6,8,12,15,30H,1-2,5,7H2,(H,24,31)(H2,25,26,27,28,29)/t12-,15+/m1/s1. The first-order chi connectivity index (χ1) is 14.8. The van der Waals surface area contributed by atoms with Gasteiger partial charge in [0.2, 0.25) is 0 Å². The fourth-order valence-electron chi connectivity index (χ4n) is 3.56. The average molecular weight is 438 g/mol. The van der Waals surface area contributed by atoms with E-state index in [1.807, 2.05) is 0 Å². The number of rotatable bonds is 5. The predicted molar refractivity (Wildman–Crippen MR) is 101 cm³/mol. The molecule has 0 saturated heterocycles. The topological polar surface area (TPSA) is 116 Å². The van der Waals surface area contributed by atoms with Gasteiger partial charge < -0.3 is 15.7 Å². The van der Waals surface area contributed by atoms with E-state index in [4.69, 9.17) is 0 Å². The number of carbonyl (C=O) groups is 1. The van der Waals surface area contributed by atoms with E-state index in [0.717, 1.165) is 24.5 Å². The first kappa shape index (κ1) is 21.0. The largest absolute Gasteiger partial charge is 0.385 e. The molecular formula is C19H18F4N6O2. The van der Waals surface area contributed by atoms with Crippen molar-refractivity contribution < 1.29 is 27.5 Å². The lowest BCUT2D eigenvalue weighted by Crippen LogP contribution is -2.49. The van der Waals surface area contributed by atoms with Crippen molar-refractivity contribution in [3.05, 3.63) is 47.4 Å². The molecule has 1 aliphatic rings. The fourth-order valence-corrected chi connectivity index (χ4v) is 3.56. The van der Waals surface area contributed by atoms with Gasteiger partial charge in [0, 0.05) is 18.5 Å². The molecule has 2 aromatic heterocycles. The van der Waals surface area contributed by atoms with Crippen molar-refractivity contribution in [3.63, 3.8) is 0 Å². The van der Waals surface area contributed by atoms with Gasteiger partial charge in [-0.3, -0.25) is 9.89 Å². The second-order valence-corrected chi connectivity index (χ2v) is 7.29. The Balaban J connectivity index is 1.58. The zero-order valence-electron chi connectivity index (χ0n) is 16.0. The molecule has 31 heavy (non-hydrogen) atoms. The summed E-state index contributed by atoms with van der Waals surface area (Å²) in [6.07, 6.45) is -0.718. The lowest BCUT2D eigenvalue weighted by atomic mass is 9.89. The van der Waals surface area contributed by atoms with E-state index < -0.39 is 42.0 Å². The molecule has 1 amide bonds. The van der Waals surface area contributed by atoms with Gasteiger partial charge in [0.25, 0.3) is 11.8 Å². The molecule has 12 heteroatoms. The van der Waals surface area contributed by atoms with Crippen molar-refractivity contribution >= 4 is 22.8 Å². The first-order valence-electron chi connectivity index (χ1n) is 9.50. The molecule has 1 fully saturated rings. The summed E-state index contributed by atoms with van der Waals surface area (Å²) in [5.41, 5.74) is -0.0528. The summed E-state index contributed by atoms with van der Waals surface area (Å²) in [5, 5.41) is 21.7. The molecule has 8 nitrogen and oxygen atoms in total. The highest BCUT2D eigenvalue weighted by molar-refractivity contribution is 6.07. The van der Waals surface area contributed by atoms with Crippen LogP contribution in [0.3, 0.4) is 0 Å². The fraction of sp³-hybridized carbons (Fsp3) is 0.368. The molecule has 4 rings (SSSR count). The summed E-state index contributed by atoms with van der Waals surface area (Å²) in [7, 11) is 0. The number of halogens is 4. The van der Waals surface area contributed by atoms with E-state index in [-0.39, 0.29) is 47.5 Å². The highest BCUT2D eigenvalue weighted by atomic mass is 19.3. The molecule has 164 valence electrons. The molecule has 2 heterocycles. The van der Waals surface area contributed by atoms with E-state index in [9.17, 15) is 27.5 Å². The highest BCUT2D eigenvalue weighted by Crippen LogP contribution is 2.35. The number of nitrogens with one attached hydrogen (secondary N) is 3. The molecule has 3 aromatic rings. The third-order valence-electron chi connectivity index (χ3n) is 5.19. The summed E-state index contributed by atoms with van der Waals surface area (Å²) < 4.78 is 54.9. The molecule has 0 aliphatic heterocycles. The Bertz CT molecular complexity index is 1120. The third kappa shape index (κ3) is 4.15. The Hall–Kier alpha value is -3.28. The van der Waals surface area contributed by atoms with Gasteiger partial charge in [-0.15, -0.1) is 0 Å². The number of anilines is 1. The predicted octanol–water partition coefficient (Wildman–Crippen LogP) is 2.52. The molecule has 2 atom stereocenters. The third-order valence-corrected chi connectivity index (χ3v) is 5.19. The Morgan fingerprint density at radius 2 is 2.10 bits per heavy atom. The minimum absolute atomic E-state index is 0.0441. The monoisotopic (exact) mass is 438 g/mol. The van der Waals surface area contributed by atoms with Crippen LogP contribution in [0.25, 0.3) is 11.0 Å². The second kappa shape index (κ2) is 8.10. The molecule has 4 N–H and O–H groups in total. The van der Waals surface area contributed by atoms with Crippen molar-refractivity contribution in [2.75, 3.05) is 5.32 Å². The number of amides is 1. The number of aliphatic hydroxyl groups excluding tert-OH is 1. The number of hydrogen-bond acceptors (Lipinski definition) is 6.